The van der Waals surface area contributed by atoms with E-state index in [4.69, 9.17) is 13.9 Å². The van der Waals surface area contributed by atoms with Gasteiger partial charge >= 0.3 is 0 Å². The Labute approximate surface area is 152 Å². The molecular weight excluding hydrogens is 358 g/mol. The van der Waals surface area contributed by atoms with Gasteiger partial charge in [-0.2, -0.15) is 4.31 Å². The van der Waals surface area contributed by atoms with Crippen LogP contribution in [0, 0.1) is 0 Å². The molecule has 0 radical (unpaired) electrons. The van der Waals surface area contributed by atoms with Crippen molar-refractivity contribution in [3.63, 3.8) is 0 Å². The van der Waals surface area contributed by atoms with Gasteiger partial charge in [-0.25, -0.2) is 8.42 Å². The quantitative estimate of drug-likeness (QED) is 0.798. The lowest BCUT2D eigenvalue weighted by molar-refractivity contribution is -0.0177. The highest BCUT2D eigenvalue weighted by Crippen LogP contribution is 2.32. The standard InChI is InChI=1S/C17H21N3O5S/c1-3-16-18-19-17(25-16)15-10-20(6-7-23-15)26(21,22)13-4-5-14-12(9-13)8-11(2)24-14/h4-5,9,11,15H,3,6-8,10H2,1-2H3/t11-,15-/m1/s1. The first-order valence-electron chi connectivity index (χ1n) is 8.71. The summed E-state index contributed by atoms with van der Waals surface area (Å²) >= 11 is 0. The highest BCUT2D eigenvalue weighted by molar-refractivity contribution is 7.89. The van der Waals surface area contributed by atoms with Crippen LogP contribution in [-0.2, 0) is 27.6 Å². The molecule has 0 spiro atoms. The Balaban J connectivity index is 1.57. The maximum absolute atomic E-state index is 13.1. The molecule has 0 bridgehead atoms. The van der Waals surface area contributed by atoms with Crippen LogP contribution in [0.3, 0.4) is 0 Å². The molecule has 26 heavy (non-hydrogen) atoms. The van der Waals surface area contributed by atoms with Crippen LogP contribution in [-0.4, -0.2) is 48.7 Å². The summed E-state index contributed by atoms with van der Waals surface area (Å²) in [7, 11) is -3.63. The Bertz CT molecular complexity index is 911. The van der Waals surface area contributed by atoms with Gasteiger partial charge in [0, 0.05) is 25.9 Å². The number of nitrogens with zero attached hydrogens (tertiary/aromatic N) is 3. The van der Waals surface area contributed by atoms with E-state index in [-0.39, 0.29) is 30.7 Å². The molecule has 0 N–H and O–H groups in total. The molecule has 1 fully saturated rings. The zero-order valence-corrected chi connectivity index (χ0v) is 15.5. The van der Waals surface area contributed by atoms with Gasteiger partial charge in [-0.05, 0) is 30.7 Å². The Hall–Kier alpha value is -1.97. The minimum Gasteiger partial charge on any atom is -0.490 e. The third kappa shape index (κ3) is 3.10. The second-order valence-electron chi connectivity index (χ2n) is 6.51. The van der Waals surface area contributed by atoms with Crippen molar-refractivity contribution in [2.75, 3.05) is 19.7 Å². The molecule has 4 rings (SSSR count). The first-order chi connectivity index (χ1) is 12.5. The number of sulfonamides is 1. The Morgan fingerprint density at radius 3 is 2.92 bits per heavy atom. The maximum Gasteiger partial charge on any atom is 0.246 e. The second kappa shape index (κ2) is 6.64. The van der Waals surface area contributed by atoms with Crippen molar-refractivity contribution in [2.24, 2.45) is 0 Å². The SMILES string of the molecule is CCc1nnc([C@H]2CN(S(=O)(=O)c3ccc4c(c3)C[C@@H](C)O4)CCO2)o1. The topological polar surface area (TPSA) is 94.8 Å². The third-order valence-corrected chi connectivity index (χ3v) is 6.46. The van der Waals surface area contributed by atoms with Crippen LogP contribution in [0.25, 0.3) is 0 Å². The van der Waals surface area contributed by atoms with E-state index in [1.807, 2.05) is 13.8 Å². The number of aryl methyl sites for hydroxylation is 1. The van der Waals surface area contributed by atoms with Gasteiger partial charge in [0.15, 0.2) is 0 Å². The van der Waals surface area contributed by atoms with Gasteiger partial charge in [0.1, 0.15) is 18.0 Å². The van der Waals surface area contributed by atoms with Gasteiger partial charge in [0.05, 0.1) is 11.5 Å². The van der Waals surface area contributed by atoms with E-state index in [2.05, 4.69) is 10.2 Å². The molecule has 0 saturated carbocycles. The molecule has 3 heterocycles. The lowest BCUT2D eigenvalue weighted by Crippen LogP contribution is -2.42. The molecule has 0 unspecified atom stereocenters. The van der Waals surface area contributed by atoms with Crippen molar-refractivity contribution in [3.05, 3.63) is 35.5 Å². The molecule has 0 amide bonds. The Morgan fingerprint density at radius 1 is 1.31 bits per heavy atom. The zero-order valence-electron chi connectivity index (χ0n) is 14.7. The van der Waals surface area contributed by atoms with Crippen molar-refractivity contribution in [1.29, 1.82) is 0 Å². The first kappa shape index (κ1) is 17.4. The molecule has 1 saturated heterocycles. The van der Waals surface area contributed by atoms with Crippen molar-refractivity contribution >= 4 is 10.0 Å². The molecular formula is C17H21N3O5S. The number of morpholine rings is 1. The predicted molar refractivity (Wildman–Crippen MR) is 91.4 cm³/mol. The summed E-state index contributed by atoms with van der Waals surface area (Å²) in [5.41, 5.74) is 0.924. The maximum atomic E-state index is 13.1. The molecule has 8 nitrogen and oxygen atoms in total. The summed E-state index contributed by atoms with van der Waals surface area (Å²) in [6, 6.07) is 5.04. The van der Waals surface area contributed by atoms with E-state index in [0.717, 1.165) is 11.3 Å². The third-order valence-electron chi connectivity index (χ3n) is 4.59. The van der Waals surface area contributed by atoms with Crippen molar-refractivity contribution in [1.82, 2.24) is 14.5 Å². The van der Waals surface area contributed by atoms with E-state index in [9.17, 15) is 8.42 Å². The number of aromatic nitrogens is 2. The van der Waals surface area contributed by atoms with E-state index in [1.165, 1.54) is 4.31 Å². The average Bonchev–Trinajstić information content (AvgIpc) is 3.26. The summed E-state index contributed by atoms with van der Waals surface area (Å²) < 4.78 is 44.4. The molecule has 0 aliphatic carbocycles. The van der Waals surface area contributed by atoms with Crippen molar-refractivity contribution in [2.45, 2.75) is 43.8 Å². The van der Waals surface area contributed by atoms with Crippen LogP contribution in [0.5, 0.6) is 5.75 Å². The molecule has 9 heteroatoms. The number of rotatable bonds is 4. The van der Waals surface area contributed by atoms with Crippen LogP contribution in [0.15, 0.2) is 27.5 Å². The summed E-state index contributed by atoms with van der Waals surface area (Å²) in [5, 5.41) is 7.90. The van der Waals surface area contributed by atoms with E-state index in [0.29, 0.717) is 24.6 Å². The summed E-state index contributed by atoms with van der Waals surface area (Å²) in [6.45, 7) is 4.60. The molecule has 2 aromatic rings. The van der Waals surface area contributed by atoms with E-state index < -0.39 is 16.1 Å². The Morgan fingerprint density at radius 2 is 2.15 bits per heavy atom. The van der Waals surface area contributed by atoms with E-state index in [1.54, 1.807) is 18.2 Å². The second-order valence-corrected chi connectivity index (χ2v) is 8.45. The predicted octanol–water partition coefficient (Wildman–Crippen LogP) is 1.72. The fourth-order valence-electron chi connectivity index (χ4n) is 3.24. The van der Waals surface area contributed by atoms with Gasteiger partial charge < -0.3 is 13.9 Å². The lowest BCUT2D eigenvalue weighted by atomic mass is 10.1. The zero-order chi connectivity index (χ0) is 18.3. The first-order valence-corrected chi connectivity index (χ1v) is 10.1. The normalized spacial score (nSPS) is 23.6. The largest absolute Gasteiger partial charge is 0.490 e. The van der Waals surface area contributed by atoms with Gasteiger partial charge in [-0.3, -0.25) is 0 Å². The lowest BCUT2D eigenvalue weighted by Gasteiger charge is -2.30. The number of ether oxygens (including phenoxy) is 2. The molecule has 1 aromatic heterocycles. The molecule has 2 atom stereocenters. The van der Waals surface area contributed by atoms with Crippen LogP contribution in [0.4, 0.5) is 0 Å². The van der Waals surface area contributed by atoms with Crippen LogP contribution < -0.4 is 4.74 Å². The van der Waals surface area contributed by atoms with Gasteiger partial charge in [0.2, 0.25) is 21.8 Å². The van der Waals surface area contributed by atoms with Gasteiger partial charge in [-0.1, -0.05) is 6.92 Å². The fourth-order valence-corrected chi connectivity index (χ4v) is 4.72. The smallest absolute Gasteiger partial charge is 0.246 e. The van der Waals surface area contributed by atoms with Crippen LogP contribution >= 0.6 is 0 Å². The highest BCUT2D eigenvalue weighted by atomic mass is 32.2. The minimum absolute atomic E-state index is 0.0704. The average molecular weight is 379 g/mol. The molecule has 140 valence electrons. The highest BCUT2D eigenvalue weighted by Gasteiger charge is 2.34. The van der Waals surface area contributed by atoms with Crippen molar-refractivity contribution in [3.8, 4) is 5.75 Å². The molecule has 2 aliphatic heterocycles. The Kier molecular flexibility index (Phi) is 4.45. The number of hydrogen-bond acceptors (Lipinski definition) is 7. The summed E-state index contributed by atoms with van der Waals surface area (Å²) in [6.07, 6.45) is 0.855. The number of hydrogen-bond donors (Lipinski definition) is 0. The minimum atomic E-state index is -3.63. The number of benzene rings is 1. The van der Waals surface area contributed by atoms with Crippen LogP contribution in [0.2, 0.25) is 0 Å². The van der Waals surface area contributed by atoms with Gasteiger partial charge in [-0.15, -0.1) is 10.2 Å². The van der Waals surface area contributed by atoms with Crippen molar-refractivity contribution < 1.29 is 22.3 Å². The van der Waals surface area contributed by atoms with Gasteiger partial charge in [0.25, 0.3) is 0 Å². The summed E-state index contributed by atoms with van der Waals surface area (Å²) in [4.78, 5) is 0.273. The monoisotopic (exact) mass is 379 g/mol. The molecule has 1 aromatic carbocycles. The fraction of sp³-hybridized carbons (Fsp3) is 0.529. The van der Waals surface area contributed by atoms with E-state index >= 15 is 0 Å². The molecule has 2 aliphatic rings. The summed E-state index contributed by atoms with van der Waals surface area (Å²) in [5.74, 6) is 1.59. The number of fused-ring (bicyclic) bond motifs is 1. The van der Waals surface area contributed by atoms with Crippen LogP contribution in [0.1, 0.15) is 37.3 Å².